The van der Waals surface area contributed by atoms with E-state index >= 15 is 0 Å². The molecule has 0 amide bonds. The van der Waals surface area contributed by atoms with Gasteiger partial charge >= 0.3 is 11.7 Å². The zero-order valence-electron chi connectivity index (χ0n) is 11.9. The molecule has 108 valence electrons. The van der Waals surface area contributed by atoms with Crippen molar-refractivity contribution >= 4 is 5.97 Å². The molecule has 0 N–H and O–H groups in total. The van der Waals surface area contributed by atoms with Crippen molar-refractivity contribution in [1.29, 1.82) is 0 Å². The molecule has 0 atom stereocenters. The van der Waals surface area contributed by atoms with Crippen molar-refractivity contribution in [2.45, 2.75) is 6.54 Å². The number of hydrogen-bond acceptors (Lipinski definition) is 3. The van der Waals surface area contributed by atoms with E-state index in [0.29, 0.717) is 18.0 Å². The van der Waals surface area contributed by atoms with E-state index in [-0.39, 0.29) is 0 Å². The zero-order valence-corrected chi connectivity index (χ0v) is 11.9. The topological polar surface area (TPSA) is 43.1 Å². The molecule has 0 bridgehead atoms. The Morgan fingerprint density at radius 1 is 1.00 bits per heavy atom. The van der Waals surface area contributed by atoms with Gasteiger partial charge in [-0.25, -0.2) is 4.79 Å². The van der Waals surface area contributed by atoms with E-state index < -0.39 is 5.97 Å². The van der Waals surface area contributed by atoms with E-state index in [2.05, 4.69) is 4.98 Å². The number of carbonyl (C=O) groups is 1. The fourth-order valence-electron chi connectivity index (χ4n) is 2.12. The lowest BCUT2D eigenvalue weighted by Crippen LogP contribution is -2.42. The first kappa shape index (κ1) is 13.9. The highest BCUT2D eigenvalue weighted by molar-refractivity contribution is 5.87. The van der Waals surface area contributed by atoms with Crippen molar-refractivity contribution in [3.8, 4) is 5.75 Å². The first-order valence-corrected chi connectivity index (χ1v) is 6.97. The Labute approximate surface area is 128 Å². The van der Waals surface area contributed by atoms with E-state index in [1.165, 1.54) is 6.20 Å². The number of benzene rings is 2. The van der Waals surface area contributed by atoms with E-state index in [1.54, 1.807) is 24.5 Å². The Kier molecular flexibility index (Phi) is 4.20. The number of para-hydroxylation sites is 1. The molecular formula is C18H15N2O2+. The van der Waals surface area contributed by atoms with E-state index in [4.69, 9.17) is 4.74 Å². The zero-order chi connectivity index (χ0) is 15.2. The average molecular weight is 291 g/mol. The minimum Gasteiger partial charge on any atom is -0.419 e. The maximum atomic E-state index is 12.3. The Morgan fingerprint density at radius 3 is 2.41 bits per heavy atom. The standard InChI is InChI=1S/C18H15N2O2/c21-18(22-16-9-5-2-6-10-16)17-13-19-11-12-20(17)14-15-7-3-1-4-8-15/h1-13H,14H2/q+1. The minimum atomic E-state index is -0.421. The smallest absolute Gasteiger partial charge is 0.410 e. The van der Waals surface area contributed by atoms with Gasteiger partial charge in [0, 0.05) is 5.56 Å². The summed E-state index contributed by atoms with van der Waals surface area (Å²) in [5.41, 5.74) is 1.52. The molecule has 4 heteroatoms. The van der Waals surface area contributed by atoms with Crippen LogP contribution in [0.4, 0.5) is 0 Å². The van der Waals surface area contributed by atoms with Crippen LogP contribution in [0.5, 0.6) is 5.75 Å². The summed E-state index contributed by atoms with van der Waals surface area (Å²) in [5.74, 6) is 0.0952. The van der Waals surface area contributed by atoms with E-state index in [0.717, 1.165) is 5.56 Å². The second kappa shape index (κ2) is 6.63. The predicted molar refractivity (Wildman–Crippen MR) is 81.4 cm³/mol. The molecule has 0 fully saturated rings. The second-order valence-corrected chi connectivity index (χ2v) is 4.78. The minimum absolute atomic E-state index is 0.412. The molecule has 1 aromatic heterocycles. The number of rotatable bonds is 4. The molecule has 0 spiro atoms. The van der Waals surface area contributed by atoms with Gasteiger partial charge in [-0.05, 0) is 12.1 Å². The van der Waals surface area contributed by atoms with Gasteiger partial charge in [0.15, 0.2) is 12.7 Å². The van der Waals surface area contributed by atoms with Gasteiger partial charge in [0.05, 0.1) is 6.20 Å². The summed E-state index contributed by atoms with van der Waals surface area (Å²) < 4.78 is 7.21. The first-order valence-electron chi connectivity index (χ1n) is 6.97. The fourth-order valence-corrected chi connectivity index (χ4v) is 2.12. The summed E-state index contributed by atoms with van der Waals surface area (Å²) in [5, 5.41) is 0. The SMILES string of the molecule is O=C(Oc1ccccc1)c1cncc[n+]1Cc1ccccc1. The van der Waals surface area contributed by atoms with E-state index in [1.807, 2.05) is 53.1 Å². The van der Waals surface area contributed by atoms with Crippen LogP contribution in [0, 0.1) is 0 Å². The molecule has 0 saturated heterocycles. The highest BCUT2D eigenvalue weighted by atomic mass is 16.5. The molecule has 22 heavy (non-hydrogen) atoms. The van der Waals surface area contributed by atoms with Gasteiger partial charge < -0.3 is 4.74 Å². The first-order chi connectivity index (χ1) is 10.8. The fraction of sp³-hybridized carbons (Fsp3) is 0.0556. The van der Waals surface area contributed by atoms with Crippen LogP contribution in [0.1, 0.15) is 16.1 Å². The molecular weight excluding hydrogens is 276 g/mol. The molecule has 0 unspecified atom stereocenters. The number of ether oxygens (including phenoxy) is 1. The molecule has 0 aliphatic rings. The number of esters is 1. The quantitative estimate of drug-likeness (QED) is 0.421. The Balaban J connectivity index is 1.83. The maximum absolute atomic E-state index is 12.3. The lowest BCUT2D eigenvalue weighted by Gasteiger charge is -2.04. The Bertz CT molecular complexity index is 758. The average Bonchev–Trinajstić information content (AvgIpc) is 2.57. The summed E-state index contributed by atoms with van der Waals surface area (Å²) >= 11 is 0. The largest absolute Gasteiger partial charge is 0.419 e. The number of aromatic nitrogens is 2. The summed E-state index contributed by atoms with van der Waals surface area (Å²) in [4.78, 5) is 16.4. The van der Waals surface area contributed by atoms with Gasteiger partial charge in [0.2, 0.25) is 0 Å². The number of nitrogens with zero attached hydrogens (tertiary/aromatic N) is 2. The van der Waals surface area contributed by atoms with Crippen molar-refractivity contribution in [2.75, 3.05) is 0 Å². The van der Waals surface area contributed by atoms with Crippen molar-refractivity contribution in [3.05, 3.63) is 90.5 Å². The highest BCUT2D eigenvalue weighted by Crippen LogP contribution is 2.10. The van der Waals surface area contributed by atoms with Crippen molar-refractivity contribution in [3.63, 3.8) is 0 Å². The van der Waals surface area contributed by atoms with Crippen LogP contribution in [-0.2, 0) is 6.54 Å². The third-order valence-corrected chi connectivity index (χ3v) is 3.20. The normalized spacial score (nSPS) is 10.2. The van der Waals surface area contributed by atoms with E-state index in [9.17, 15) is 4.79 Å². The summed E-state index contributed by atoms with van der Waals surface area (Å²) in [6.45, 7) is 0.586. The maximum Gasteiger partial charge on any atom is 0.410 e. The Hall–Kier alpha value is -3.01. The van der Waals surface area contributed by atoms with Crippen molar-refractivity contribution in [2.24, 2.45) is 0 Å². The third-order valence-electron chi connectivity index (χ3n) is 3.20. The molecule has 3 aromatic rings. The van der Waals surface area contributed by atoms with Crippen LogP contribution in [0.15, 0.2) is 79.3 Å². The molecule has 4 nitrogen and oxygen atoms in total. The monoisotopic (exact) mass is 291 g/mol. The van der Waals surface area contributed by atoms with Gasteiger partial charge in [0.1, 0.15) is 11.9 Å². The molecule has 0 aliphatic carbocycles. The summed E-state index contributed by atoms with van der Waals surface area (Å²) in [6.07, 6.45) is 4.95. The van der Waals surface area contributed by atoms with Gasteiger partial charge in [-0.15, -0.1) is 0 Å². The predicted octanol–water partition coefficient (Wildman–Crippen LogP) is 2.64. The molecule has 3 rings (SSSR count). The molecule has 1 heterocycles. The van der Waals surface area contributed by atoms with Crippen LogP contribution in [-0.4, -0.2) is 11.0 Å². The lowest BCUT2D eigenvalue weighted by molar-refractivity contribution is -0.691. The number of carbonyl (C=O) groups excluding carboxylic acids is 1. The van der Waals surface area contributed by atoms with Crippen molar-refractivity contribution < 1.29 is 14.1 Å². The molecule has 0 aliphatic heterocycles. The van der Waals surface area contributed by atoms with Gasteiger partial charge in [0.25, 0.3) is 0 Å². The Morgan fingerprint density at radius 2 is 1.68 bits per heavy atom. The van der Waals surface area contributed by atoms with Gasteiger partial charge in [-0.3, -0.25) is 4.98 Å². The molecule has 2 aromatic carbocycles. The van der Waals surface area contributed by atoms with Crippen LogP contribution in [0.25, 0.3) is 0 Å². The van der Waals surface area contributed by atoms with Crippen LogP contribution >= 0.6 is 0 Å². The van der Waals surface area contributed by atoms with Crippen LogP contribution in [0.3, 0.4) is 0 Å². The van der Waals surface area contributed by atoms with Crippen LogP contribution < -0.4 is 9.30 Å². The van der Waals surface area contributed by atoms with Gasteiger partial charge in [-0.1, -0.05) is 48.5 Å². The second-order valence-electron chi connectivity index (χ2n) is 4.78. The van der Waals surface area contributed by atoms with Gasteiger partial charge in [-0.2, -0.15) is 4.57 Å². The molecule has 0 radical (unpaired) electrons. The number of hydrogen-bond donors (Lipinski definition) is 0. The molecule has 0 saturated carbocycles. The highest BCUT2D eigenvalue weighted by Gasteiger charge is 2.21. The lowest BCUT2D eigenvalue weighted by atomic mass is 10.2. The van der Waals surface area contributed by atoms with Crippen LogP contribution in [0.2, 0.25) is 0 Å². The summed E-state index contributed by atoms with van der Waals surface area (Å²) in [6, 6.07) is 18.9. The summed E-state index contributed by atoms with van der Waals surface area (Å²) in [7, 11) is 0. The van der Waals surface area contributed by atoms with Crippen molar-refractivity contribution in [1.82, 2.24) is 4.98 Å². The third kappa shape index (κ3) is 3.35.